The van der Waals surface area contributed by atoms with Gasteiger partial charge < -0.3 is 24.5 Å². The summed E-state index contributed by atoms with van der Waals surface area (Å²) in [6.07, 6.45) is 16.8. The molecular weight excluding hydrogens is 695 g/mol. The van der Waals surface area contributed by atoms with Crippen molar-refractivity contribution in [3.05, 3.63) is 76.1 Å². The van der Waals surface area contributed by atoms with Crippen LogP contribution in [0.4, 0.5) is 0 Å². The van der Waals surface area contributed by atoms with Crippen molar-refractivity contribution in [2.75, 3.05) is 12.4 Å². The number of allylic oxidation sites excluding steroid dienone is 1. The second-order valence-corrected chi connectivity index (χ2v) is 16.0. The lowest BCUT2D eigenvalue weighted by Gasteiger charge is -2.34. The lowest BCUT2D eigenvalue weighted by molar-refractivity contribution is -0.143. The molecule has 1 aromatic heterocycles. The summed E-state index contributed by atoms with van der Waals surface area (Å²) in [5.41, 5.74) is 5.83. The van der Waals surface area contributed by atoms with Gasteiger partial charge in [0.05, 0.1) is 46.9 Å². The Labute approximate surface area is 328 Å². The lowest BCUT2D eigenvalue weighted by atomic mass is 9.77. The first kappa shape index (κ1) is 43.0. The molecule has 2 aromatic carbocycles. The Kier molecular flexibility index (Phi) is 18.0. The van der Waals surface area contributed by atoms with Gasteiger partial charge >= 0.3 is 11.9 Å². The van der Waals surface area contributed by atoms with E-state index in [1.807, 2.05) is 77.9 Å². The summed E-state index contributed by atoms with van der Waals surface area (Å²) < 4.78 is 18.1. The number of carbonyl (C=O) groups excluding carboxylic acids is 2. The minimum atomic E-state index is -0.755. The molecule has 0 amide bonds. The molecule has 1 atom stereocenters. The highest BCUT2D eigenvalue weighted by Crippen LogP contribution is 2.46. The Morgan fingerprint density at radius 3 is 1.94 bits per heavy atom. The maximum atomic E-state index is 14.3. The molecule has 3 aromatic rings. The number of aromatic nitrogens is 2. The van der Waals surface area contributed by atoms with Crippen LogP contribution < -0.4 is 10.1 Å². The molecule has 0 bridgehead atoms. The Bertz CT molecular complexity index is 1670. The van der Waals surface area contributed by atoms with Gasteiger partial charge in [-0.1, -0.05) is 120 Å². The molecular formula is C45H65N3O5S. The number of benzene rings is 2. The van der Waals surface area contributed by atoms with E-state index in [4.69, 9.17) is 19.2 Å². The van der Waals surface area contributed by atoms with E-state index < -0.39 is 17.9 Å². The molecule has 0 spiro atoms. The lowest BCUT2D eigenvalue weighted by Crippen LogP contribution is -2.35. The number of para-hydroxylation sites is 2. The summed E-state index contributed by atoms with van der Waals surface area (Å²) >= 11 is 1.50. The van der Waals surface area contributed by atoms with Crippen LogP contribution in [0.1, 0.15) is 149 Å². The minimum absolute atomic E-state index is 0.342. The Balaban J connectivity index is 1.63. The number of H-pyrrole nitrogens is 1. The number of dihydropyridines is 1. The zero-order valence-electron chi connectivity index (χ0n) is 34.0. The molecule has 2 N–H and O–H groups in total. The van der Waals surface area contributed by atoms with Crippen molar-refractivity contribution < 1.29 is 23.8 Å². The summed E-state index contributed by atoms with van der Waals surface area (Å²) in [5.74, 6) is -0.623. The SMILES string of the molecule is CCCCCCCCCCCCCCCc1cccc(OCC)c1C1C(C(=O)OC(C)C)=C(C)NC(CSc2nc3ccccc3[nH]2)=C1C(=O)OC(C)C. The van der Waals surface area contributed by atoms with Gasteiger partial charge in [-0.3, -0.25) is 0 Å². The molecule has 296 valence electrons. The first-order valence-corrected chi connectivity index (χ1v) is 21.6. The molecule has 0 aliphatic carbocycles. The average molecular weight is 760 g/mol. The van der Waals surface area contributed by atoms with Crippen LogP contribution in [0.2, 0.25) is 0 Å². The Morgan fingerprint density at radius 2 is 1.35 bits per heavy atom. The highest BCUT2D eigenvalue weighted by atomic mass is 32.2. The molecule has 4 rings (SSSR count). The number of imidazole rings is 1. The number of nitrogens with one attached hydrogen (secondary N) is 2. The number of ether oxygens (including phenoxy) is 3. The molecule has 0 saturated carbocycles. The fourth-order valence-electron chi connectivity index (χ4n) is 7.25. The topological polar surface area (TPSA) is 103 Å². The van der Waals surface area contributed by atoms with E-state index in [1.54, 1.807) is 0 Å². The van der Waals surface area contributed by atoms with E-state index in [9.17, 15) is 9.59 Å². The second-order valence-electron chi connectivity index (χ2n) is 15.0. The molecule has 9 heteroatoms. The second kappa shape index (κ2) is 22.6. The van der Waals surface area contributed by atoms with E-state index in [0.717, 1.165) is 46.6 Å². The van der Waals surface area contributed by atoms with Crippen LogP contribution in [0.3, 0.4) is 0 Å². The van der Waals surface area contributed by atoms with Crippen LogP contribution in [0, 0.1) is 0 Å². The molecule has 8 nitrogen and oxygen atoms in total. The molecule has 2 heterocycles. The third-order valence-corrected chi connectivity index (χ3v) is 10.7. The van der Waals surface area contributed by atoms with Crippen LogP contribution in [0.25, 0.3) is 11.0 Å². The van der Waals surface area contributed by atoms with Crippen molar-refractivity contribution in [3.63, 3.8) is 0 Å². The highest BCUT2D eigenvalue weighted by molar-refractivity contribution is 7.99. The fourth-order valence-corrected chi connectivity index (χ4v) is 8.11. The van der Waals surface area contributed by atoms with Crippen LogP contribution in [-0.2, 0) is 25.5 Å². The van der Waals surface area contributed by atoms with Crippen molar-refractivity contribution in [2.24, 2.45) is 0 Å². The third-order valence-electron chi connectivity index (χ3n) is 9.79. The number of unbranched alkanes of at least 4 members (excludes halogenated alkanes) is 12. The molecule has 0 radical (unpaired) electrons. The van der Waals surface area contributed by atoms with Crippen LogP contribution in [0.5, 0.6) is 5.75 Å². The molecule has 0 fully saturated rings. The number of carbonyl (C=O) groups is 2. The molecule has 1 unspecified atom stereocenters. The predicted molar refractivity (Wildman–Crippen MR) is 222 cm³/mol. The molecule has 0 saturated heterocycles. The number of hydrogen-bond acceptors (Lipinski definition) is 8. The van der Waals surface area contributed by atoms with Gasteiger partial charge in [-0.15, -0.1) is 0 Å². The maximum absolute atomic E-state index is 14.3. The number of hydrogen-bond donors (Lipinski definition) is 2. The fraction of sp³-hybridized carbons (Fsp3) is 0.578. The largest absolute Gasteiger partial charge is 0.494 e. The normalized spacial score (nSPS) is 14.6. The number of thioether (sulfide) groups is 1. The first-order chi connectivity index (χ1) is 26.1. The van der Waals surface area contributed by atoms with Gasteiger partial charge in [-0.2, -0.15) is 0 Å². The van der Waals surface area contributed by atoms with Gasteiger partial charge in [-0.05, 0) is 78.1 Å². The maximum Gasteiger partial charge on any atom is 0.337 e. The molecule has 1 aliphatic rings. The summed E-state index contributed by atoms with van der Waals surface area (Å²) in [7, 11) is 0. The number of fused-ring (bicyclic) bond motifs is 1. The monoisotopic (exact) mass is 759 g/mol. The van der Waals surface area contributed by atoms with E-state index in [2.05, 4.69) is 23.3 Å². The van der Waals surface area contributed by atoms with Crippen LogP contribution in [0.15, 0.2) is 70.2 Å². The zero-order valence-corrected chi connectivity index (χ0v) is 34.8. The smallest absolute Gasteiger partial charge is 0.337 e. The molecule has 54 heavy (non-hydrogen) atoms. The summed E-state index contributed by atoms with van der Waals surface area (Å²) in [4.78, 5) is 36.6. The Morgan fingerprint density at radius 1 is 0.759 bits per heavy atom. The summed E-state index contributed by atoms with van der Waals surface area (Å²) in [6.45, 7) is 13.9. The van der Waals surface area contributed by atoms with Gasteiger partial charge in [0.25, 0.3) is 0 Å². The summed E-state index contributed by atoms with van der Waals surface area (Å²) in [6, 6.07) is 14.0. The average Bonchev–Trinajstić information content (AvgIpc) is 3.55. The number of nitrogens with zero attached hydrogens (tertiary/aromatic N) is 1. The van der Waals surface area contributed by atoms with E-state index in [1.165, 1.54) is 82.4 Å². The van der Waals surface area contributed by atoms with Gasteiger partial charge in [-0.25, -0.2) is 14.6 Å². The van der Waals surface area contributed by atoms with Crippen molar-refractivity contribution in [1.29, 1.82) is 0 Å². The van der Waals surface area contributed by atoms with Gasteiger partial charge in [0, 0.05) is 22.7 Å². The summed E-state index contributed by atoms with van der Waals surface area (Å²) in [5, 5.41) is 4.19. The number of aryl methyl sites for hydroxylation is 1. The van der Waals surface area contributed by atoms with Crippen molar-refractivity contribution in [2.45, 2.75) is 162 Å². The van der Waals surface area contributed by atoms with Crippen LogP contribution in [-0.4, -0.2) is 46.5 Å². The van der Waals surface area contributed by atoms with Crippen LogP contribution >= 0.6 is 11.8 Å². The number of esters is 2. The van der Waals surface area contributed by atoms with Gasteiger partial charge in [0.15, 0.2) is 5.16 Å². The minimum Gasteiger partial charge on any atom is -0.494 e. The van der Waals surface area contributed by atoms with Gasteiger partial charge in [0.2, 0.25) is 0 Å². The standard InChI is InChI=1S/C45H65N3O5S/c1-8-10-11-12-13-14-15-16-17-18-19-20-21-25-34-26-24-29-38(51-9-2)40(34)42-39(43(49)52-31(3)4)33(7)46-37(41(42)44(50)53-32(5)6)30-54-45-47-35-27-22-23-28-36(35)48-45/h22-24,26-29,31-32,42,46H,8-21,25,30H2,1-7H3,(H,47,48). The third kappa shape index (κ3) is 12.7. The van der Waals surface area contributed by atoms with E-state index in [0.29, 0.717) is 40.6 Å². The first-order valence-electron chi connectivity index (χ1n) is 20.6. The number of aromatic amines is 1. The zero-order chi connectivity index (χ0) is 38.9. The van der Waals surface area contributed by atoms with Crippen molar-refractivity contribution >= 4 is 34.7 Å². The van der Waals surface area contributed by atoms with Crippen molar-refractivity contribution in [1.82, 2.24) is 15.3 Å². The predicted octanol–water partition coefficient (Wildman–Crippen LogP) is 11.5. The van der Waals surface area contributed by atoms with Gasteiger partial charge in [0.1, 0.15) is 5.75 Å². The highest BCUT2D eigenvalue weighted by Gasteiger charge is 2.42. The quantitative estimate of drug-likeness (QED) is 0.0529. The number of rotatable bonds is 24. The van der Waals surface area contributed by atoms with E-state index in [-0.39, 0.29) is 12.2 Å². The molecule has 1 aliphatic heterocycles. The van der Waals surface area contributed by atoms with E-state index >= 15 is 0 Å². The van der Waals surface area contributed by atoms with Crippen molar-refractivity contribution in [3.8, 4) is 5.75 Å². The Hall–Kier alpha value is -3.72.